The highest BCUT2D eigenvalue weighted by Crippen LogP contribution is 2.36. The average molecular weight is 353 g/mol. The van der Waals surface area contributed by atoms with Crippen LogP contribution in [0.15, 0.2) is 28.7 Å². The van der Waals surface area contributed by atoms with E-state index in [1.807, 2.05) is 18.2 Å². The van der Waals surface area contributed by atoms with E-state index in [0.717, 1.165) is 34.7 Å². The molecule has 3 nitrogen and oxygen atoms in total. The minimum atomic E-state index is -0.958. The van der Waals surface area contributed by atoms with Crippen molar-refractivity contribution in [3.05, 3.63) is 34.3 Å². The molecule has 114 valence electrons. The van der Waals surface area contributed by atoms with Gasteiger partial charge in [0.2, 0.25) is 0 Å². The van der Waals surface area contributed by atoms with Crippen molar-refractivity contribution in [3.8, 4) is 5.75 Å². The molecular weight excluding hydrogens is 332 g/mol. The molecule has 21 heavy (non-hydrogen) atoms. The fourth-order valence-electron chi connectivity index (χ4n) is 3.08. The summed E-state index contributed by atoms with van der Waals surface area (Å²) in [4.78, 5) is 10.7. The Bertz CT molecular complexity index is 529. The van der Waals surface area contributed by atoms with Crippen LogP contribution in [-0.2, 0) is 4.79 Å². The number of ether oxygens (including phenoxy) is 1. The van der Waals surface area contributed by atoms with E-state index in [-0.39, 0.29) is 6.10 Å². The van der Waals surface area contributed by atoms with Gasteiger partial charge >= 0.3 is 5.97 Å². The highest BCUT2D eigenvalue weighted by molar-refractivity contribution is 9.10. The van der Waals surface area contributed by atoms with Crippen LogP contribution in [0.1, 0.15) is 38.7 Å². The smallest absolute Gasteiger partial charge is 0.328 e. The van der Waals surface area contributed by atoms with E-state index in [4.69, 9.17) is 9.84 Å². The molecule has 1 fully saturated rings. The standard InChI is InChI=1S/C17H21BrO3/c1-11-8-12(2)10-14(9-11)21-17-13(6-7-16(19)20)4-3-5-15(17)18/h3-7,11-12,14H,8-10H2,1-2H3,(H,19,20). The minimum Gasteiger partial charge on any atom is -0.489 e. The van der Waals surface area contributed by atoms with Gasteiger partial charge in [-0.05, 0) is 59.2 Å². The second-order valence-corrected chi connectivity index (χ2v) is 6.84. The molecule has 0 aliphatic heterocycles. The van der Waals surface area contributed by atoms with Crippen molar-refractivity contribution in [1.82, 2.24) is 0 Å². The quantitative estimate of drug-likeness (QED) is 0.795. The molecule has 1 saturated carbocycles. The monoisotopic (exact) mass is 352 g/mol. The molecule has 1 N–H and O–H groups in total. The fourth-order valence-corrected chi connectivity index (χ4v) is 3.55. The summed E-state index contributed by atoms with van der Waals surface area (Å²) >= 11 is 3.50. The van der Waals surface area contributed by atoms with Crippen LogP contribution in [0.4, 0.5) is 0 Å². The fraction of sp³-hybridized carbons (Fsp3) is 0.471. The number of halogens is 1. The second-order valence-electron chi connectivity index (χ2n) is 5.99. The Morgan fingerprint density at radius 3 is 2.57 bits per heavy atom. The van der Waals surface area contributed by atoms with Crippen LogP contribution in [0.2, 0.25) is 0 Å². The number of hydrogen-bond donors (Lipinski definition) is 1. The van der Waals surface area contributed by atoms with Gasteiger partial charge in [0.1, 0.15) is 5.75 Å². The molecule has 2 rings (SSSR count). The van der Waals surface area contributed by atoms with E-state index in [9.17, 15) is 4.79 Å². The summed E-state index contributed by atoms with van der Waals surface area (Å²) in [7, 11) is 0. The molecule has 0 bridgehead atoms. The van der Waals surface area contributed by atoms with Gasteiger partial charge in [-0.3, -0.25) is 0 Å². The lowest BCUT2D eigenvalue weighted by Gasteiger charge is -2.32. The molecule has 2 unspecified atom stereocenters. The molecule has 0 aromatic heterocycles. The molecule has 4 heteroatoms. The van der Waals surface area contributed by atoms with E-state index in [1.54, 1.807) is 6.08 Å². The first-order chi connectivity index (χ1) is 9.95. The van der Waals surface area contributed by atoms with Gasteiger partial charge in [-0.15, -0.1) is 0 Å². The predicted molar refractivity (Wildman–Crippen MR) is 87.4 cm³/mol. The Morgan fingerprint density at radius 1 is 1.29 bits per heavy atom. The summed E-state index contributed by atoms with van der Waals surface area (Å²) in [6, 6.07) is 5.67. The number of para-hydroxylation sites is 1. The van der Waals surface area contributed by atoms with Gasteiger partial charge in [0.25, 0.3) is 0 Å². The number of rotatable bonds is 4. The van der Waals surface area contributed by atoms with Gasteiger partial charge in [0, 0.05) is 11.6 Å². The van der Waals surface area contributed by atoms with Crippen molar-refractivity contribution in [1.29, 1.82) is 0 Å². The third kappa shape index (κ3) is 4.60. The van der Waals surface area contributed by atoms with Crippen molar-refractivity contribution in [2.24, 2.45) is 11.8 Å². The van der Waals surface area contributed by atoms with E-state index >= 15 is 0 Å². The topological polar surface area (TPSA) is 46.5 Å². The molecule has 1 aromatic rings. The van der Waals surface area contributed by atoms with Gasteiger partial charge in [-0.1, -0.05) is 26.0 Å². The van der Waals surface area contributed by atoms with Gasteiger partial charge in [0.05, 0.1) is 10.6 Å². The van der Waals surface area contributed by atoms with Gasteiger partial charge in [-0.25, -0.2) is 4.79 Å². The number of hydrogen-bond acceptors (Lipinski definition) is 2. The molecule has 0 amide bonds. The Morgan fingerprint density at radius 2 is 1.95 bits per heavy atom. The van der Waals surface area contributed by atoms with Gasteiger partial charge in [-0.2, -0.15) is 0 Å². The maximum atomic E-state index is 10.7. The maximum Gasteiger partial charge on any atom is 0.328 e. The summed E-state index contributed by atoms with van der Waals surface area (Å²) in [6.07, 6.45) is 6.27. The zero-order valence-electron chi connectivity index (χ0n) is 12.4. The maximum absolute atomic E-state index is 10.7. The lowest BCUT2D eigenvalue weighted by molar-refractivity contribution is -0.131. The van der Waals surface area contributed by atoms with E-state index in [1.165, 1.54) is 6.42 Å². The molecule has 0 radical (unpaired) electrons. The SMILES string of the molecule is CC1CC(C)CC(Oc2c(Br)cccc2C=CC(=O)O)C1. The summed E-state index contributed by atoms with van der Waals surface area (Å²) in [5.74, 6) is 1.11. The molecular formula is C17H21BrO3. The second kappa shape index (κ2) is 7.12. The number of carboxylic acids is 1. The molecule has 1 aromatic carbocycles. The zero-order chi connectivity index (χ0) is 15.4. The number of benzene rings is 1. The molecule has 2 atom stereocenters. The lowest BCUT2D eigenvalue weighted by Crippen LogP contribution is -2.28. The normalized spacial score (nSPS) is 26.0. The molecule has 0 heterocycles. The highest BCUT2D eigenvalue weighted by Gasteiger charge is 2.26. The molecule has 1 aliphatic rings. The van der Waals surface area contributed by atoms with Crippen molar-refractivity contribution < 1.29 is 14.6 Å². The molecule has 0 spiro atoms. The van der Waals surface area contributed by atoms with Crippen LogP contribution in [0.5, 0.6) is 5.75 Å². The summed E-state index contributed by atoms with van der Waals surface area (Å²) < 4.78 is 7.06. The average Bonchev–Trinajstić information content (AvgIpc) is 2.38. The van der Waals surface area contributed by atoms with Crippen LogP contribution < -0.4 is 4.74 Å². The van der Waals surface area contributed by atoms with Crippen LogP contribution in [0.25, 0.3) is 6.08 Å². The third-order valence-corrected chi connectivity index (χ3v) is 4.45. The first-order valence-corrected chi connectivity index (χ1v) is 8.11. The molecule has 1 aliphatic carbocycles. The van der Waals surface area contributed by atoms with Crippen LogP contribution in [-0.4, -0.2) is 17.2 Å². The highest BCUT2D eigenvalue weighted by atomic mass is 79.9. The van der Waals surface area contributed by atoms with Gasteiger partial charge < -0.3 is 9.84 Å². The van der Waals surface area contributed by atoms with E-state index in [2.05, 4.69) is 29.8 Å². The first kappa shape index (κ1) is 16.1. The Hall–Kier alpha value is -1.29. The minimum absolute atomic E-state index is 0.194. The van der Waals surface area contributed by atoms with Crippen molar-refractivity contribution in [3.63, 3.8) is 0 Å². The Labute approximate surface area is 134 Å². The Balaban J connectivity index is 2.20. The van der Waals surface area contributed by atoms with Gasteiger partial charge in [0.15, 0.2) is 0 Å². The predicted octanol–water partition coefficient (Wildman–Crippen LogP) is 4.75. The summed E-state index contributed by atoms with van der Waals surface area (Å²) in [5, 5.41) is 8.79. The largest absolute Gasteiger partial charge is 0.489 e. The Kier molecular flexibility index (Phi) is 5.45. The molecule has 0 saturated heterocycles. The number of carboxylic acid groups (broad SMARTS) is 1. The first-order valence-electron chi connectivity index (χ1n) is 7.32. The van der Waals surface area contributed by atoms with Crippen LogP contribution >= 0.6 is 15.9 Å². The van der Waals surface area contributed by atoms with Crippen molar-refractivity contribution >= 4 is 28.0 Å². The zero-order valence-corrected chi connectivity index (χ0v) is 14.0. The van der Waals surface area contributed by atoms with Crippen LogP contribution in [0.3, 0.4) is 0 Å². The van der Waals surface area contributed by atoms with E-state index < -0.39 is 5.97 Å². The van der Waals surface area contributed by atoms with Crippen molar-refractivity contribution in [2.45, 2.75) is 39.2 Å². The van der Waals surface area contributed by atoms with Crippen LogP contribution in [0, 0.1) is 11.8 Å². The third-order valence-electron chi connectivity index (χ3n) is 3.82. The summed E-state index contributed by atoms with van der Waals surface area (Å²) in [5.41, 5.74) is 0.789. The summed E-state index contributed by atoms with van der Waals surface area (Å²) in [6.45, 7) is 4.52. The van der Waals surface area contributed by atoms with Crippen molar-refractivity contribution in [2.75, 3.05) is 0 Å². The number of carbonyl (C=O) groups is 1. The lowest BCUT2D eigenvalue weighted by atomic mass is 9.82. The number of aliphatic carboxylic acids is 1. The van der Waals surface area contributed by atoms with E-state index in [0.29, 0.717) is 11.8 Å².